The van der Waals surface area contributed by atoms with Crippen molar-refractivity contribution >= 4 is 34.5 Å². The first-order valence-corrected chi connectivity index (χ1v) is 10.2. The van der Waals surface area contributed by atoms with E-state index in [1.165, 1.54) is 23.5 Å². The van der Waals surface area contributed by atoms with E-state index in [1.54, 1.807) is 12.1 Å². The van der Waals surface area contributed by atoms with Crippen LogP contribution in [0.5, 0.6) is 5.75 Å². The highest BCUT2D eigenvalue weighted by molar-refractivity contribution is 7.13. The van der Waals surface area contributed by atoms with Crippen molar-refractivity contribution in [3.63, 3.8) is 0 Å². The van der Waals surface area contributed by atoms with Crippen LogP contribution in [0.15, 0.2) is 78.4 Å². The lowest BCUT2D eigenvalue weighted by Gasteiger charge is -2.11. The standard InChI is InChI=1S/C22H14ClF3N2O2S/c23-15-5-3-14(4-6-15)18-13-31-20(19(18)28-11-1-2-12-28)21(29)27-16-7-9-17(10-8-16)30-22(24,25)26/h1-13H,(H,27,29). The van der Waals surface area contributed by atoms with Crippen LogP contribution in [0.2, 0.25) is 5.02 Å². The van der Waals surface area contributed by atoms with Crippen LogP contribution in [0.3, 0.4) is 0 Å². The average Bonchev–Trinajstić information content (AvgIpc) is 3.38. The lowest BCUT2D eigenvalue weighted by atomic mass is 10.1. The smallest absolute Gasteiger partial charge is 0.406 e. The van der Waals surface area contributed by atoms with Gasteiger partial charge in [0.1, 0.15) is 10.6 Å². The first-order chi connectivity index (χ1) is 14.8. The van der Waals surface area contributed by atoms with Gasteiger partial charge in [-0.25, -0.2) is 0 Å². The van der Waals surface area contributed by atoms with E-state index in [-0.39, 0.29) is 11.7 Å². The summed E-state index contributed by atoms with van der Waals surface area (Å²) in [7, 11) is 0. The summed E-state index contributed by atoms with van der Waals surface area (Å²) in [4.78, 5) is 13.5. The third-order valence-corrected chi connectivity index (χ3v) is 5.55. The summed E-state index contributed by atoms with van der Waals surface area (Å²) in [5.74, 6) is -0.738. The minimum Gasteiger partial charge on any atom is -0.406 e. The number of anilines is 1. The number of hydrogen-bond acceptors (Lipinski definition) is 3. The van der Waals surface area contributed by atoms with Gasteiger partial charge in [0.2, 0.25) is 0 Å². The number of aromatic nitrogens is 1. The summed E-state index contributed by atoms with van der Waals surface area (Å²) in [5.41, 5.74) is 2.81. The number of carbonyl (C=O) groups is 1. The quantitative estimate of drug-likeness (QED) is 0.346. The molecular weight excluding hydrogens is 449 g/mol. The van der Waals surface area contributed by atoms with E-state index in [4.69, 9.17) is 11.6 Å². The number of rotatable bonds is 5. The Bertz CT molecular complexity index is 1190. The summed E-state index contributed by atoms with van der Waals surface area (Å²) < 4.78 is 42.6. The molecule has 31 heavy (non-hydrogen) atoms. The highest BCUT2D eigenvalue weighted by Gasteiger charge is 2.31. The van der Waals surface area contributed by atoms with E-state index in [9.17, 15) is 18.0 Å². The number of amides is 1. The molecule has 4 aromatic rings. The van der Waals surface area contributed by atoms with Crippen LogP contribution < -0.4 is 10.1 Å². The molecular formula is C22H14ClF3N2O2S. The molecule has 0 saturated heterocycles. The Kier molecular flexibility index (Phi) is 5.75. The van der Waals surface area contributed by atoms with Crippen LogP contribution >= 0.6 is 22.9 Å². The summed E-state index contributed by atoms with van der Waals surface area (Å²) >= 11 is 7.27. The van der Waals surface area contributed by atoms with Gasteiger partial charge in [-0.3, -0.25) is 4.79 Å². The number of thiophene rings is 1. The Labute approximate surface area is 184 Å². The summed E-state index contributed by atoms with van der Waals surface area (Å²) in [6.45, 7) is 0. The van der Waals surface area contributed by atoms with Gasteiger partial charge in [0, 0.05) is 34.0 Å². The predicted molar refractivity (Wildman–Crippen MR) is 115 cm³/mol. The second-order valence-electron chi connectivity index (χ2n) is 6.45. The normalized spacial score (nSPS) is 11.4. The van der Waals surface area contributed by atoms with Crippen molar-refractivity contribution in [1.29, 1.82) is 0 Å². The van der Waals surface area contributed by atoms with Crippen molar-refractivity contribution in [2.75, 3.05) is 5.32 Å². The third kappa shape index (κ3) is 4.92. The molecule has 1 amide bonds. The molecule has 0 fully saturated rings. The lowest BCUT2D eigenvalue weighted by molar-refractivity contribution is -0.274. The molecule has 0 bridgehead atoms. The first kappa shape index (κ1) is 21.0. The molecule has 0 aliphatic rings. The summed E-state index contributed by atoms with van der Waals surface area (Å²) in [6.07, 6.45) is -1.10. The Morgan fingerprint density at radius 3 is 2.26 bits per heavy atom. The molecule has 0 spiro atoms. The maximum absolute atomic E-state index is 13.0. The zero-order chi connectivity index (χ0) is 22.0. The lowest BCUT2D eigenvalue weighted by Crippen LogP contribution is -2.17. The molecule has 4 nitrogen and oxygen atoms in total. The Morgan fingerprint density at radius 2 is 1.65 bits per heavy atom. The predicted octanol–water partition coefficient (Wildman–Crippen LogP) is 7.01. The molecule has 158 valence electrons. The highest BCUT2D eigenvalue weighted by Crippen LogP contribution is 2.36. The zero-order valence-corrected chi connectivity index (χ0v) is 17.3. The molecule has 4 rings (SSSR count). The van der Waals surface area contributed by atoms with E-state index in [0.717, 1.165) is 23.3 Å². The van der Waals surface area contributed by atoms with Crippen molar-refractivity contribution < 1.29 is 22.7 Å². The molecule has 0 saturated carbocycles. The number of ether oxygens (including phenoxy) is 1. The second-order valence-corrected chi connectivity index (χ2v) is 7.77. The van der Waals surface area contributed by atoms with Crippen LogP contribution in [0, 0.1) is 0 Å². The van der Waals surface area contributed by atoms with Crippen LogP contribution in [-0.2, 0) is 0 Å². The SMILES string of the molecule is O=C(Nc1ccc(OC(F)(F)F)cc1)c1scc(-c2ccc(Cl)cc2)c1-n1cccc1. The number of alkyl halides is 3. The monoisotopic (exact) mass is 462 g/mol. The van der Waals surface area contributed by atoms with Gasteiger partial charge in [-0.05, 0) is 54.1 Å². The van der Waals surface area contributed by atoms with E-state index in [2.05, 4.69) is 10.1 Å². The molecule has 1 N–H and O–H groups in total. The molecule has 0 aliphatic carbocycles. The van der Waals surface area contributed by atoms with Crippen molar-refractivity contribution in [3.8, 4) is 22.6 Å². The van der Waals surface area contributed by atoms with Gasteiger partial charge in [0.25, 0.3) is 5.91 Å². The van der Waals surface area contributed by atoms with Crippen molar-refractivity contribution in [2.24, 2.45) is 0 Å². The van der Waals surface area contributed by atoms with Crippen molar-refractivity contribution in [1.82, 2.24) is 4.57 Å². The maximum atomic E-state index is 13.0. The van der Waals surface area contributed by atoms with Gasteiger partial charge in [0.05, 0.1) is 5.69 Å². The van der Waals surface area contributed by atoms with E-state index in [1.807, 2.05) is 46.6 Å². The molecule has 0 radical (unpaired) electrons. The van der Waals surface area contributed by atoms with E-state index >= 15 is 0 Å². The Hall–Kier alpha value is -3.23. The Balaban J connectivity index is 1.63. The van der Waals surface area contributed by atoms with Crippen molar-refractivity contribution in [2.45, 2.75) is 6.36 Å². The number of nitrogens with zero attached hydrogens (tertiary/aromatic N) is 1. The van der Waals surface area contributed by atoms with Gasteiger partial charge in [-0.15, -0.1) is 24.5 Å². The largest absolute Gasteiger partial charge is 0.573 e. The van der Waals surface area contributed by atoms with Gasteiger partial charge >= 0.3 is 6.36 Å². The number of halogens is 4. The number of carbonyl (C=O) groups excluding carboxylic acids is 1. The summed E-state index contributed by atoms with van der Waals surface area (Å²) in [5, 5.41) is 5.22. The summed E-state index contributed by atoms with van der Waals surface area (Å²) in [6, 6.07) is 16.0. The minimum absolute atomic E-state index is 0.347. The molecule has 0 unspecified atom stereocenters. The van der Waals surface area contributed by atoms with E-state index < -0.39 is 6.36 Å². The molecule has 0 aliphatic heterocycles. The molecule has 2 aromatic heterocycles. The second kappa shape index (κ2) is 8.49. The minimum atomic E-state index is -4.77. The first-order valence-electron chi connectivity index (χ1n) is 8.98. The van der Waals surface area contributed by atoms with Crippen LogP contribution in [0.1, 0.15) is 9.67 Å². The topological polar surface area (TPSA) is 43.3 Å². The number of hydrogen-bond donors (Lipinski definition) is 1. The molecule has 2 heterocycles. The molecule has 9 heteroatoms. The van der Waals surface area contributed by atoms with Crippen LogP contribution in [-0.4, -0.2) is 16.8 Å². The average molecular weight is 463 g/mol. The fourth-order valence-electron chi connectivity index (χ4n) is 3.01. The third-order valence-electron chi connectivity index (χ3n) is 4.33. The van der Waals surface area contributed by atoms with Crippen LogP contribution in [0.4, 0.5) is 18.9 Å². The maximum Gasteiger partial charge on any atom is 0.573 e. The molecule has 0 atom stereocenters. The number of nitrogens with one attached hydrogen (secondary N) is 1. The van der Waals surface area contributed by atoms with Crippen LogP contribution in [0.25, 0.3) is 16.8 Å². The fraction of sp³-hybridized carbons (Fsp3) is 0.0455. The van der Waals surface area contributed by atoms with Crippen molar-refractivity contribution in [3.05, 3.63) is 88.3 Å². The van der Waals surface area contributed by atoms with Gasteiger partial charge in [-0.2, -0.15) is 0 Å². The van der Waals surface area contributed by atoms with E-state index in [0.29, 0.717) is 21.3 Å². The zero-order valence-electron chi connectivity index (χ0n) is 15.7. The van der Waals surface area contributed by atoms with Gasteiger partial charge in [-0.1, -0.05) is 23.7 Å². The number of benzene rings is 2. The molecule has 2 aromatic carbocycles. The highest BCUT2D eigenvalue weighted by atomic mass is 35.5. The Morgan fingerprint density at radius 1 is 1.00 bits per heavy atom. The fourth-order valence-corrected chi connectivity index (χ4v) is 4.11. The van der Waals surface area contributed by atoms with Gasteiger partial charge in [0.15, 0.2) is 0 Å². The van der Waals surface area contributed by atoms with Gasteiger partial charge < -0.3 is 14.6 Å².